The first-order valence-corrected chi connectivity index (χ1v) is 6.21. The molecule has 0 amide bonds. The van der Waals surface area contributed by atoms with Gasteiger partial charge in [0.25, 0.3) is 0 Å². The molecule has 0 aromatic rings. The summed E-state index contributed by atoms with van der Waals surface area (Å²) in [7, 11) is 0. The van der Waals surface area contributed by atoms with E-state index in [1.165, 1.54) is 44.6 Å². The Morgan fingerprint density at radius 3 is 2.75 bits per heavy atom. The average molecular weight is 187 g/mol. The van der Waals surface area contributed by atoms with Crippen LogP contribution in [-0.4, -0.2) is 29.1 Å². The van der Waals surface area contributed by atoms with Crippen LogP contribution in [0.2, 0.25) is 0 Å². The molecule has 1 unspecified atom stereocenters. The van der Waals surface area contributed by atoms with Crippen molar-refractivity contribution in [3.63, 3.8) is 0 Å². The standard InChI is InChI=1S/C10H21NS/c1-3-4-5-6-7-11-8-10(2)12-9-11/h10H,3-9H2,1-2H3. The number of hydrogen-bond donors (Lipinski definition) is 0. The molecule has 1 atom stereocenters. The van der Waals surface area contributed by atoms with Gasteiger partial charge in [-0.15, -0.1) is 11.8 Å². The molecule has 1 rings (SSSR count). The summed E-state index contributed by atoms with van der Waals surface area (Å²) in [6.45, 7) is 7.25. The zero-order valence-corrected chi connectivity index (χ0v) is 9.20. The molecule has 1 saturated heterocycles. The second kappa shape index (κ2) is 5.87. The van der Waals surface area contributed by atoms with Crippen molar-refractivity contribution in [2.75, 3.05) is 19.0 Å². The predicted octanol–water partition coefficient (Wildman–Crippen LogP) is 2.96. The van der Waals surface area contributed by atoms with E-state index in [1.807, 2.05) is 0 Å². The molecule has 1 aliphatic rings. The summed E-state index contributed by atoms with van der Waals surface area (Å²) in [5, 5.41) is 0.871. The van der Waals surface area contributed by atoms with Gasteiger partial charge in [0.1, 0.15) is 0 Å². The molecular formula is C10H21NS. The first-order chi connectivity index (χ1) is 5.83. The van der Waals surface area contributed by atoms with Gasteiger partial charge in [0.05, 0.1) is 0 Å². The number of hydrogen-bond acceptors (Lipinski definition) is 2. The third-order valence-electron chi connectivity index (χ3n) is 2.38. The molecule has 0 N–H and O–H groups in total. The molecule has 0 saturated carbocycles. The van der Waals surface area contributed by atoms with Crippen LogP contribution in [0.5, 0.6) is 0 Å². The van der Waals surface area contributed by atoms with Crippen LogP contribution in [0.1, 0.15) is 39.5 Å². The van der Waals surface area contributed by atoms with Crippen LogP contribution in [0.4, 0.5) is 0 Å². The van der Waals surface area contributed by atoms with Gasteiger partial charge in [-0.3, -0.25) is 4.90 Å². The van der Waals surface area contributed by atoms with Gasteiger partial charge in [0.15, 0.2) is 0 Å². The Bertz CT molecular complexity index is 116. The Hall–Kier alpha value is 0.310. The molecule has 72 valence electrons. The number of rotatable bonds is 5. The molecule has 0 aliphatic carbocycles. The normalized spacial score (nSPS) is 25.0. The topological polar surface area (TPSA) is 3.24 Å². The average Bonchev–Trinajstić information content (AvgIpc) is 2.45. The fourth-order valence-electron chi connectivity index (χ4n) is 1.62. The molecule has 2 heteroatoms. The van der Waals surface area contributed by atoms with E-state index in [0.29, 0.717) is 0 Å². The summed E-state index contributed by atoms with van der Waals surface area (Å²) in [5.41, 5.74) is 0. The molecule has 12 heavy (non-hydrogen) atoms. The minimum atomic E-state index is 0.871. The molecule has 0 aromatic heterocycles. The molecule has 1 heterocycles. The van der Waals surface area contributed by atoms with Gasteiger partial charge >= 0.3 is 0 Å². The zero-order chi connectivity index (χ0) is 8.81. The third kappa shape index (κ3) is 3.81. The van der Waals surface area contributed by atoms with E-state index < -0.39 is 0 Å². The lowest BCUT2D eigenvalue weighted by Gasteiger charge is -2.13. The van der Waals surface area contributed by atoms with E-state index >= 15 is 0 Å². The lowest BCUT2D eigenvalue weighted by atomic mass is 10.2. The fraction of sp³-hybridized carbons (Fsp3) is 1.00. The quantitative estimate of drug-likeness (QED) is 0.609. The summed E-state index contributed by atoms with van der Waals surface area (Å²) in [6.07, 6.45) is 5.59. The van der Waals surface area contributed by atoms with E-state index in [9.17, 15) is 0 Å². The molecule has 1 aliphatic heterocycles. The highest BCUT2D eigenvalue weighted by Gasteiger charge is 2.17. The fourth-order valence-corrected chi connectivity index (χ4v) is 2.64. The number of unbranched alkanes of at least 4 members (excludes halogenated alkanes) is 3. The molecular weight excluding hydrogens is 166 g/mol. The van der Waals surface area contributed by atoms with E-state index in [2.05, 4.69) is 30.5 Å². The van der Waals surface area contributed by atoms with Crippen molar-refractivity contribution >= 4 is 11.8 Å². The first kappa shape index (κ1) is 10.4. The monoisotopic (exact) mass is 187 g/mol. The van der Waals surface area contributed by atoms with Crippen molar-refractivity contribution in [2.24, 2.45) is 0 Å². The van der Waals surface area contributed by atoms with Crippen molar-refractivity contribution in [1.82, 2.24) is 4.90 Å². The van der Waals surface area contributed by atoms with Crippen molar-refractivity contribution in [2.45, 2.75) is 44.8 Å². The third-order valence-corrected chi connectivity index (χ3v) is 3.62. The highest BCUT2D eigenvalue weighted by atomic mass is 32.2. The van der Waals surface area contributed by atoms with E-state index in [-0.39, 0.29) is 0 Å². The second-order valence-electron chi connectivity index (χ2n) is 3.74. The van der Waals surface area contributed by atoms with Crippen LogP contribution in [0.15, 0.2) is 0 Å². The highest BCUT2D eigenvalue weighted by molar-refractivity contribution is 8.00. The Balaban J connectivity index is 1.93. The lowest BCUT2D eigenvalue weighted by molar-refractivity contribution is 0.332. The van der Waals surface area contributed by atoms with Crippen molar-refractivity contribution in [3.05, 3.63) is 0 Å². The van der Waals surface area contributed by atoms with Gasteiger partial charge in [-0.05, 0) is 13.0 Å². The molecule has 0 bridgehead atoms. The molecule has 0 radical (unpaired) electrons. The Morgan fingerprint density at radius 1 is 1.33 bits per heavy atom. The molecule has 0 aromatic carbocycles. The van der Waals surface area contributed by atoms with E-state index in [1.54, 1.807) is 0 Å². The van der Waals surface area contributed by atoms with Crippen LogP contribution in [-0.2, 0) is 0 Å². The molecule has 0 spiro atoms. The van der Waals surface area contributed by atoms with Gasteiger partial charge in [-0.25, -0.2) is 0 Å². The first-order valence-electron chi connectivity index (χ1n) is 5.17. The Morgan fingerprint density at radius 2 is 2.17 bits per heavy atom. The van der Waals surface area contributed by atoms with Crippen molar-refractivity contribution in [3.8, 4) is 0 Å². The minimum absolute atomic E-state index is 0.871. The van der Waals surface area contributed by atoms with Crippen LogP contribution in [0, 0.1) is 0 Å². The van der Waals surface area contributed by atoms with Crippen molar-refractivity contribution in [1.29, 1.82) is 0 Å². The van der Waals surface area contributed by atoms with Crippen LogP contribution in [0.25, 0.3) is 0 Å². The summed E-state index contributed by atoms with van der Waals surface area (Å²) in [6, 6.07) is 0. The maximum absolute atomic E-state index is 2.59. The summed E-state index contributed by atoms with van der Waals surface area (Å²) in [4.78, 5) is 2.59. The summed E-state index contributed by atoms with van der Waals surface area (Å²) in [5.74, 6) is 1.27. The SMILES string of the molecule is CCCCCCN1CSC(C)C1. The second-order valence-corrected chi connectivity index (χ2v) is 5.14. The smallest absolute Gasteiger partial charge is 0.0447 e. The maximum atomic E-state index is 2.59. The molecule has 1 nitrogen and oxygen atoms in total. The minimum Gasteiger partial charge on any atom is -0.293 e. The van der Waals surface area contributed by atoms with E-state index in [4.69, 9.17) is 0 Å². The number of thioether (sulfide) groups is 1. The highest BCUT2D eigenvalue weighted by Crippen LogP contribution is 2.21. The van der Waals surface area contributed by atoms with Crippen LogP contribution < -0.4 is 0 Å². The van der Waals surface area contributed by atoms with Gasteiger partial charge in [-0.2, -0.15) is 0 Å². The van der Waals surface area contributed by atoms with Gasteiger partial charge in [0.2, 0.25) is 0 Å². The summed E-state index contributed by atoms with van der Waals surface area (Å²) >= 11 is 2.10. The van der Waals surface area contributed by atoms with Gasteiger partial charge in [-0.1, -0.05) is 33.1 Å². The van der Waals surface area contributed by atoms with Gasteiger partial charge in [0, 0.05) is 17.7 Å². The summed E-state index contributed by atoms with van der Waals surface area (Å²) < 4.78 is 0. The van der Waals surface area contributed by atoms with Crippen molar-refractivity contribution < 1.29 is 0 Å². The van der Waals surface area contributed by atoms with Gasteiger partial charge < -0.3 is 0 Å². The maximum Gasteiger partial charge on any atom is 0.0447 e. The number of nitrogens with zero attached hydrogens (tertiary/aromatic N) is 1. The predicted molar refractivity (Wildman–Crippen MR) is 57.6 cm³/mol. The van der Waals surface area contributed by atoms with Crippen LogP contribution in [0.3, 0.4) is 0 Å². The Kier molecular flexibility index (Phi) is 5.08. The van der Waals surface area contributed by atoms with Crippen LogP contribution >= 0.6 is 11.8 Å². The Labute approximate surface area is 80.9 Å². The van der Waals surface area contributed by atoms with E-state index in [0.717, 1.165) is 5.25 Å². The molecule has 1 fully saturated rings. The largest absolute Gasteiger partial charge is 0.293 e. The lowest BCUT2D eigenvalue weighted by Crippen LogP contribution is -2.22. The zero-order valence-electron chi connectivity index (χ0n) is 8.38.